The van der Waals surface area contributed by atoms with Crippen LogP contribution < -0.4 is 5.32 Å². The lowest BCUT2D eigenvalue weighted by Crippen LogP contribution is -2.46. The van der Waals surface area contributed by atoms with Crippen molar-refractivity contribution in [2.75, 3.05) is 0 Å². The van der Waals surface area contributed by atoms with Gasteiger partial charge in [0.05, 0.1) is 0 Å². The minimum Gasteiger partial charge on any atom is -0.444 e. The van der Waals surface area contributed by atoms with Crippen molar-refractivity contribution in [1.29, 1.82) is 0 Å². The minimum atomic E-state index is -1.01. The average Bonchev–Trinajstić information content (AvgIpc) is 2.44. The van der Waals surface area contributed by atoms with Crippen molar-refractivity contribution in [3.05, 3.63) is 35.9 Å². The zero-order valence-corrected chi connectivity index (χ0v) is 15.5. The molecule has 1 rings (SSSR count). The van der Waals surface area contributed by atoms with Gasteiger partial charge in [-0.15, -0.1) is 0 Å². The van der Waals surface area contributed by atoms with Crippen LogP contribution in [0.1, 0.15) is 46.6 Å². The molecule has 1 N–H and O–H groups in total. The fraction of sp³-hybridized carbons (Fsp3) is 0.526. The van der Waals surface area contributed by atoms with Crippen molar-refractivity contribution < 1.29 is 23.9 Å². The molecular formula is C19H27NO5. The largest absolute Gasteiger partial charge is 0.444 e. The van der Waals surface area contributed by atoms with Crippen LogP contribution in [0.4, 0.5) is 4.79 Å². The van der Waals surface area contributed by atoms with E-state index in [1.807, 2.05) is 44.2 Å². The van der Waals surface area contributed by atoms with Crippen LogP contribution in [-0.4, -0.2) is 29.7 Å². The molecule has 1 unspecified atom stereocenters. The number of carbonyl (C=O) groups excluding carboxylic acids is 3. The Bertz CT molecular complexity index is 590. The second kappa shape index (κ2) is 9.20. The maximum absolute atomic E-state index is 12.3. The van der Waals surface area contributed by atoms with Gasteiger partial charge >= 0.3 is 18.0 Å². The van der Waals surface area contributed by atoms with Gasteiger partial charge in [0.2, 0.25) is 0 Å². The molecule has 0 aromatic heterocycles. The maximum Gasteiger partial charge on any atom is 0.408 e. The molecule has 1 aromatic carbocycles. The molecule has 0 aliphatic heterocycles. The highest BCUT2D eigenvalue weighted by Gasteiger charge is 2.27. The molecule has 0 radical (unpaired) electrons. The van der Waals surface area contributed by atoms with E-state index < -0.39 is 29.7 Å². The monoisotopic (exact) mass is 349 g/mol. The Morgan fingerprint density at radius 1 is 1.08 bits per heavy atom. The van der Waals surface area contributed by atoms with E-state index in [0.717, 1.165) is 5.56 Å². The van der Waals surface area contributed by atoms with E-state index in [4.69, 9.17) is 9.47 Å². The number of rotatable bonds is 6. The Morgan fingerprint density at radius 3 is 2.20 bits per heavy atom. The minimum absolute atomic E-state index is 0.0756. The van der Waals surface area contributed by atoms with Crippen LogP contribution >= 0.6 is 0 Å². The van der Waals surface area contributed by atoms with Crippen molar-refractivity contribution in [3.8, 4) is 0 Å². The van der Waals surface area contributed by atoms with Gasteiger partial charge in [-0.25, -0.2) is 9.59 Å². The summed E-state index contributed by atoms with van der Waals surface area (Å²) in [6.45, 7) is 8.88. The standard InChI is InChI=1S/C19H27NO5/c1-13(2)11-16(21)24-17(22)15(12-14-9-7-6-8-10-14)20-18(23)25-19(3,4)5/h6-10,13,15H,11-12H2,1-5H3,(H,20,23). The number of alkyl carbamates (subject to hydrolysis) is 1. The zero-order chi connectivity index (χ0) is 19.0. The molecule has 1 aromatic rings. The molecule has 0 spiro atoms. The predicted molar refractivity (Wildman–Crippen MR) is 93.9 cm³/mol. The third-order valence-electron chi connectivity index (χ3n) is 3.05. The van der Waals surface area contributed by atoms with Crippen LogP contribution in [0.2, 0.25) is 0 Å². The lowest BCUT2D eigenvalue weighted by Gasteiger charge is -2.23. The number of hydrogen-bond donors (Lipinski definition) is 1. The normalized spacial score (nSPS) is 12.4. The van der Waals surface area contributed by atoms with Crippen molar-refractivity contribution in [1.82, 2.24) is 5.32 Å². The van der Waals surface area contributed by atoms with E-state index in [0.29, 0.717) is 0 Å². The fourth-order valence-corrected chi connectivity index (χ4v) is 2.05. The molecular weight excluding hydrogens is 322 g/mol. The molecule has 0 fully saturated rings. The number of amides is 1. The number of hydrogen-bond acceptors (Lipinski definition) is 5. The van der Waals surface area contributed by atoms with Gasteiger partial charge in [-0.2, -0.15) is 0 Å². The Kier molecular flexibility index (Phi) is 7.61. The molecule has 1 atom stereocenters. The molecule has 25 heavy (non-hydrogen) atoms. The van der Waals surface area contributed by atoms with E-state index in [1.165, 1.54) is 0 Å². The summed E-state index contributed by atoms with van der Waals surface area (Å²) in [6.07, 6.45) is -0.397. The topological polar surface area (TPSA) is 81.7 Å². The van der Waals surface area contributed by atoms with Gasteiger partial charge in [0.25, 0.3) is 0 Å². The highest BCUT2D eigenvalue weighted by atomic mass is 16.6. The SMILES string of the molecule is CC(C)CC(=O)OC(=O)C(Cc1ccccc1)NC(=O)OC(C)(C)C. The summed E-state index contributed by atoms with van der Waals surface area (Å²) >= 11 is 0. The third-order valence-corrected chi connectivity index (χ3v) is 3.05. The zero-order valence-electron chi connectivity index (χ0n) is 15.5. The number of carbonyl (C=O) groups is 3. The van der Waals surface area contributed by atoms with Gasteiger partial charge in [-0.05, 0) is 32.3 Å². The Labute approximate surface area is 148 Å². The third kappa shape index (κ3) is 8.88. The summed E-state index contributed by atoms with van der Waals surface area (Å²) in [4.78, 5) is 36.1. The molecule has 6 nitrogen and oxygen atoms in total. The number of ether oxygens (including phenoxy) is 2. The Morgan fingerprint density at radius 2 is 1.68 bits per heavy atom. The molecule has 0 heterocycles. The summed E-state index contributed by atoms with van der Waals surface area (Å²) in [5, 5.41) is 2.49. The van der Waals surface area contributed by atoms with Crippen molar-refractivity contribution in [2.24, 2.45) is 5.92 Å². The van der Waals surface area contributed by atoms with Gasteiger partial charge in [-0.3, -0.25) is 4.79 Å². The van der Waals surface area contributed by atoms with E-state index in [2.05, 4.69) is 5.32 Å². The second-order valence-electron chi connectivity index (χ2n) is 7.28. The lowest BCUT2D eigenvalue weighted by atomic mass is 10.1. The van der Waals surface area contributed by atoms with Gasteiger partial charge in [0.1, 0.15) is 11.6 Å². The number of nitrogens with one attached hydrogen (secondary N) is 1. The Hall–Kier alpha value is -2.37. The van der Waals surface area contributed by atoms with Crippen LogP contribution in [0.3, 0.4) is 0 Å². The first-order valence-electron chi connectivity index (χ1n) is 8.35. The first kappa shape index (κ1) is 20.7. The van der Waals surface area contributed by atoms with Gasteiger partial charge in [-0.1, -0.05) is 44.2 Å². The van der Waals surface area contributed by atoms with Crippen molar-refractivity contribution >= 4 is 18.0 Å². The van der Waals surface area contributed by atoms with E-state index in [1.54, 1.807) is 20.8 Å². The van der Waals surface area contributed by atoms with Gasteiger partial charge in [0.15, 0.2) is 0 Å². The molecule has 0 aliphatic carbocycles. The van der Waals surface area contributed by atoms with Crippen molar-refractivity contribution in [3.63, 3.8) is 0 Å². The van der Waals surface area contributed by atoms with Crippen LogP contribution in [-0.2, 0) is 25.5 Å². The number of esters is 2. The molecule has 6 heteroatoms. The number of benzene rings is 1. The first-order valence-corrected chi connectivity index (χ1v) is 8.35. The maximum atomic E-state index is 12.3. The van der Waals surface area contributed by atoms with E-state index in [-0.39, 0.29) is 18.8 Å². The highest BCUT2D eigenvalue weighted by Crippen LogP contribution is 2.10. The van der Waals surface area contributed by atoms with Crippen LogP contribution in [0.15, 0.2) is 30.3 Å². The fourth-order valence-electron chi connectivity index (χ4n) is 2.05. The Balaban J connectivity index is 2.81. The van der Waals surface area contributed by atoms with Gasteiger partial charge in [0, 0.05) is 12.8 Å². The second-order valence-corrected chi connectivity index (χ2v) is 7.28. The summed E-state index contributed by atoms with van der Waals surface area (Å²) in [7, 11) is 0. The summed E-state index contributed by atoms with van der Waals surface area (Å²) in [5.41, 5.74) is 0.135. The molecule has 138 valence electrons. The molecule has 0 bridgehead atoms. The van der Waals surface area contributed by atoms with E-state index >= 15 is 0 Å². The average molecular weight is 349 g/mol. The smallest absolute Gasteiger partial charge is 0.408 e. The van der Waals surface area contributed by atoms with Gasteiger partial charge < -0.3 is 14.8 Å². The molecule has 0 saturated carbocycles. The first-order chi connectivity index (χ1) is 11.6. The van der Waals surface area contributed by atoms with E-state index in [9.17, 15) is 14.4 Å². The van der Waals surface area contributed by atoms with Crippen LogP contribution in [0, 0.1) is 5.92 Å². The summed E-state index contributed by atoms with van der Waals surface area (Å²) in [5.74, 6) is -1.32. The quantitative estimate of drug-likeness (QED) is 0.630. The molecule has 0 saturated heterocycles. The summed E-state index contributed by atoms with van der Waals surface area (Å²) in [6, 6.07) is 8.16. The lowest BCUT2D eigenvalue weighted by molar-refractivity contribution is -0.161. The molecule has 0 aliphatic rings. The van der Waals surface area contributed by atoms with Crippen LogP contribution in [0.5, 0.6) is 0 Å². The molecule has 1 amide bonds. The highest BCUT2D eigenvalue weighted by molar-refractivity contribution is 5.90. The van der Waals surface area contributed by atoms with Crippen LogP contribution in [0.25, 0.3) is 0 Å². The van der Waals surface area contributed by atoms with Crippen molar-refractivity contribution in [2.45, 2.75) is 59.1 Å². The summed E-state index contributed by atoms with van der Waals surface area (Å²) < 4.78 is 10.1. The predicted octanol–water partition coefficient (Wildman–Crippen LogP) is 3.24.